The van der Waals surface area contributed by atoms with Crippen LogP contribution in [0, 0.1) is 5.92 Å². The highest BCUT2D eigenvalue weighted by molar-refractivity contribution is 9.10. The predicted molar refractivity (Wildman–Crippen MR) is 102 cm³/mol. The number of carbonyl (C=O) groups is 1. The number of amides is 1. The van der Waals surface area contributed by atoms with Crippen LogP contribution < -0.4 is 0 Å². The molecule has 0 radical (unpaired) electrons. The fourth-order valence-corrected chi connectivity index (χ4v) is 4.71. The molecule has 1 saturated carbocycles. The number of piperidine rings is 1. The van der Waals surface area contributed by atoms with Crippen molar-refractivity contribution in [2.45, 2.75) is 31.1 Å². The van der Waals surface area contributed by atoms with Crippen LogP contribution in [0.15, 0.2) is 28.7 Å². The number of likely N-dealkylation sites (tertiary alicyclic amines) is 1. The van der Waals surface area contributed by atoms with E-state index < -0.39 is 0 Å². The number of benzene rings is 1. The highest BCUT2D eigenvalue weighted by Gasteiger charge is 2.53. The molecule has 0 N–H and O–H groups in total. The third-order valence-corrected chi connectivity index (χ3v) is 6.55. The summed E-state index contributed by atoms with van der Waals surface area (Å²) in [6.07, 6.45) is 4.27. The Bertz CT molecular complexity index is 618. The first-order valence-corrected chi connectivity index (χ1v) is 10.3. The number of morpholine rings is 1. The van der Waals surface area contributed by atoms with E-state index in [-0.39, 0.29) is 5.41 Å². The van der Waals surface area contributed by atoms with Crippen molar-refractivity contribution in [3.63, 3.8) is 0 Å². The highest BCUT2D eigenvalue weighted by atomic mass is 79.9. The zero-order chi connectivity index (χ0) is 17.3. The molecular formula is C20H27BrN2O2. The van der Waals surface area contributed by atoms with Gasteiger partial charge in [0.2, 0.25) is 5.91 Å². The Hall–Kier alpha value is -0.910. The van der Waals surface area contributed by atoms with E-state index in [0.29, 0.717) is 5.91 Å². The van der Waals surface area contributed by atoms with E-state index in [1.54, 1.807) is 0 Å². The molecule has 3 fully saturated rings. The van der Waals surface area contributed by atoms with E-state index in [2.05, 4.69) is 37.9 Å². The maximum atomic E-state index is 13.2. The van der Waals surface area contributed by atoms with Gasteiger partial charge >= 0.3 is 0 Å². The summed E-state index contributed by atoms with van der Waals surface area (Å²) in [6.45, 7) is 6.87. The van der Waals surface area contributed by atoms with Crippen molar-refractivity contribution in [2.24, 2.45) is 5.92 Å². The van der Waals surface area contributed by atoms with E-state index in [4.69, 9.17) is 4.74 Å². The molecule has 4 nitrogen and oxygen atoms in total. The molecule has 1 aromatic rings. The van der Waals surface area contributed by atoms with E-state index in [0.717, 1.165) is 75.5 Å². The van der Waals surface area contributed by atoms with Crippen LogP contribution in [-0.2, 0) is 14.9 Å². The summed E-state index contributed by atoms with van der Waals surface area (Å²) in [6, 6.07) is 8.30. The number of halogens is 1. The van der Waals surface area contributed by atoms with Crippen molar-refractivity contribution < 1.29 is 9.53 Å². The lowest BCUT2D eigenvalue weighted by atomic mass is 9.91. The lowest BCUT2D eigenvalue weighted by Gasteiger charge is -2.37. The fraction of sp³-hybridized carbons (Fsp3) is 0.650. The first kappa shape index (κ1) is 17.5. The minimum atomic E-state index is -0.235. The van der Waals surface area contributed by atoms with Gasteiger partial charge < -0.3 is 9.64 Å². The Balaban J connectivity index is 1.33. The molecule has 2 aliphatic heterocycles. The SMILES string of the molecule is O=C(N1CCC(CN2CCOCC2)CC1)C1(c2cccc(Br)c2)CC1. The maximum absolute atomic E-state index is 13.2. The molecule has 1 aliphatic carbocycles. The van der Waals surface area contributed by atoms with Crippen molar-refractivity contribution in [3.8, 4) is 0 Å². The highest BCUT2D eigenvalue weighted by Crippen LogP contribution is 2.50. The van der Waals surface area contributed by atoms with Gasteiger partial charge in [-0.1, -0.05) is 28.1 Å². The number of nitrogens with zero attached hydrogens (tertiary/aromatic N) is 2. The summed E-state index contributed by atoms with van der Waals surface area (Å²) in [5.41, 5.74) is 0.947. The Morgan fingerprint density at radius 1 is 1.16 bits per heavy atom. The largest absolute Gasteiger partial charge is 0.379 e. The van der Waals surface area contributed by atoms with Crippen molar-refractivity contribution in [2.75, 3.05) is 45.9 Å². The van der Waals surface area contributed by atoms with E-state index in [1.807, 2.05) is 12.1 Å². The van der Waals surface area contributed by atoms with Crippen LogP contribution in [0.1, 0.15) is 31.2 Å². The topological polar surface area (TPSA) is 32.8 Å². The zero-order valence-corrected chi connectivity index (χ0v) is 16.3. The Kier molecular flexibility index (Phi) is 5.16. The second kappa shape index (κ2) is 7.37. The molecule has 1 aromatic carbocycles. The fourth-order valence-electron chi connectivity index (χ4n) is 4.31. The lowest BCUT2D eigenvalue weighted by molar-refractivity contribution is -0.135. The molecule has 136 valence electrons. The van der Waals surface area contributed by atoms with Gasteiger partial charge in [0, 0.05) is 37.2 Å². The van der Waals surface area contributed by atoms with Gasteiger partial charge in [-0.15, -0.1) is 0 Å². The Labute approximate surface area is 158 Å². The zero-order valence-electron chi connectivity index (χ0n) is 14.8. The van der Waals surface area contributed by atoms with Crippen molar-refractivity contribution >= 4 is 21.8 Å². The van der Waals surface area contributed by atoms with Crippen LogP contribution in [-0.4, -0.2) is 61.6 Å². The van der Waals surface area contributed by atoms with Gasteiger partial charge in [0.15, 0.2) is 0 Å². The van der Waals surface area contributed by atoms with E-state index in [1.165, 1.54) is 12.1 Å². The third kappa shape index (κ3) is 3.79. The molecule has 3 aliphatic rings. The van der Waals surface area contributed by atoms with Crippen LogP contribution in [0.2, 0.25) is 0 Å². The molecule has 0 spiro atoms. The third-order valence-electron chi connectivity index (χ3n) is 6.06. The number of carbonyl (C=O) groups excluding carboxylic acids is 1. The molecule has 0 atom stereocenters. The van der Waals surface area contributed by atoms with Crippen LogP contribution >= 0.6 is 15.9 Å². The van der Waals surface area contributed by atoms with Gasteiger partial charge in [0.05, 0.1) is 18.6 Å². The quantitative estimate of drug-likeness (QED) is 0.769. The average Bonchev–Trinajstić information content (AvgIpc) is 3.45. The second-order valence-corrected chi connectivity index (χ2v) is 8.66. The summed E-state index contributed by atoms with van der Waals surface area (Å²) in [5.74, 6) is 1.08. The first-order chi connectivity index (χ1) is 12.2. The normalized spacial score (nSPS) is 24.3. The van der Waals surface area contributed by atoms with Gasteiger partial charge in [-0.25, -0.2) is 0 Å². The van der Waals surface area contributed by atoms with Crippen LogP contribution in [0.5, 0.6) is 0 Å². The standard InChI is InChI=1S/C20H27BrN2O2/c21-18-3-1-2-17(14-18)20(6-7-20)19(24)23-8-4-16(5-9-23)15-22-10-12-25-13-11-22/h1-3,14,16H,4-13,15H2. The summed E-state index contributed by atoms with van der Waals surface area (Å²) < 4.78 is 6.50. The van der Waals surface area contributed by atoms with E-state index in [9.17, 15) is 4.79 Å². The molecular weight excluding hydrogens is 380 g/mol. The maximum Gasteiger partial charge on any atom is 0.233 e. The van der Waals surface area contributed by atoms with Gasteiger partial charge in [0.25, 0.3) is 0 Å². The smallest absolute Gasteiger partial charge is 0.233 e. The Morgan fingerprint density at radius 2 is 1.88 bits per heavy atom. The minimum absolute atomic E-state index is 0.235. The molecule has 0 bridgehead atoms. The van der Waals surface area contributed by atoms with Crippen molar-refractivity contribution in [1.29, 1.82) is 0 Å². The molecule has 4 rings (SSSR count). The number of hydrogen-bond acceptors (Lipinski definition) is 3. The average molecular weight is 407 g/mol. The van der Waals surface area contributed by atoms with Gasteiger partial charge in [-0.2, -0.15) is 0 Å². The summed E-state index contributed by atoms with van der Waals surface area (Å²) in [5, 5.41) is 0. The molecule has 25 heavy (non-hydrogen) atoms. The molecule has 0 aromatic heterocycles. The van der Waals surface area contributed by atoms with Crippen LogP contribution in [0.4, 0.5) is 0 Å². The summed E-state index contributed by atoms with van der Waals surface area (Å²) in [7, 11) is 0. The van der Waals surface area contributed by atoms with E-state index >= 15 is 0 Å². The van der Waals surface area contributed by atoms with Gasteiger partial charge in [0.1, 0.15) is 0 Å². The molecule has 2 heterocycles. The Morgan fingerprint density at radius 3 is 2.52 bits per heavy atom. The van der Waals surface area contributed by atoms with Gasteiger partial charge in [-0.05, 0) is 49.3 Å². The molecule has 2 saturated heterocycles. The monoisotopic (exact) mass is 406 g/mol. The molecule has 1 amide bonds. The van der Waals surface area contributed by atoms with Crippen molar-refractivity contribution in [1.82, 2.24) is 9.80 Å². The number of rotatable bonds is 4. The second-order valence-electron chi connectivity index (χ2n) is 7.74. The number of ether oxygens (including phenoxy) is 1. The molecule has 0 unspecified atom stereocenters. The lowest BCUT2D eigenvalue weighted by Crippen LogP contribution is -2.46. The van der Waals surface area contributed by atoms with Crippen molar-refractivity contribution in [3.05, 3.63) is 34.3 Å². The number of hydrogen-bond donors (Lipinski definition) is 0. The minimum Gasteiger partial charge on any atom is -0.379 e. The summed E-state index contributed by atoms with van der Waals surface area (Å²) >= 11 is 3.54. The summed E-state index contributed by atoms with van der Waals surface area (Å²) in [4.78, 5) is 17.8. The van der Waals surface area contributed by atoms with Crippen LogP contribution in [0.25, 0.3) is 0 Å². The predicted octanol–water partition coefficient (Wildman–Crippen LogP) is 3.05. The van der Waals surface area contributed by atoms with Crippen LogP contribution in [0.3, 0.4) is 0 Å². The first-order valence-electron chi connectivity index (χ1n) is 9.53. The molecule has 5 heteroatoms. The van der Waals surface area contributed by atoms with Gasteiger partial charge in [-0.3, -0.25) is 9.69 Å².